The van der Waals surface area contributed by atoms with Gasteiger partial charge < -0.3 is 19.1 Å². The molecule has 1 atom stereocenters. The van der Waals surface area contributed by atoms with Crippen LogP contribution in [0, 0.1) is 6.92 Å². The number of oxazole rings is 1. The molecule has 1 N–H and O–H groups in total. The van der Waals surface area contributed by atoms with Crippen molar-refractivity contribution < 1.29 is 13.6 Å². The van der Waals surface area contributed by atoms with E-state index in [0.717, 1.165) is 59.5 Å². The Hall–Kier alpha value is -3.50. The SMILES string of the molecule is Cc1cc(-c2nc(C(=O)Nc3cc4cn(C)nc4cc3N3CCC[C@@H](O[Si](C)(C)C(C)(C)C)C3)co2)ccn1. The Kier molecular flexibility index (Phi) is 7.11. The van der Waals surface area contributed by atoms with E-state index in [4.69, 9.17) is 8.84 Å². The lowest BCUT2D eigenvalue weighted by molar-refractivity contribution is 0.102. The summed E-state index contributed by atoms with van der Waals surface area (Å²) in [5.41, 5.74) is 4.39. The van der Waals surface area contributed by atoms with Crippen LogP contribution in [0.25, 0.3) is 22.4 Å². The molecule has 4 heterocycles. The summed E-state index contributed by atoms with van der Waals surface area (Å²) in [4.78, 5) is 24.3. The molecule has 1 fully saturated rings. The highest BCUT2D eigenvalue weighted by molar-refractivity contribution is 6.74. The van der Waals surface area contributed by atoms with Crippen molar-refractivity contribution >= 4 is 36.5 Å². The van der Waals surface area contributed by atoms with Gasteiger partial charge in [-0.3, -0.25) is 14.5 Å². The fraction of sp³-hybridized carbons (Fsp3) is 0.448. The van der Waals surface area contributed by atoms with Gasteiger partial charge in [-0.1, -0.05) is 20.8 Å². The van der Waals surface area contributed by atoms with Gasteiger partial charge in [0, 0.05) is 49.2 Å². The van der Waals surface area contributed by atoms with Crippen LogP contribution < -0.4 is 10.2 Å². The number of benzene rings is 1. The third kappa shape index (κ3) is 5.76. The summed E-state index contributed by atoms with van der Waals surface area (Å²) in [6, 6.07) is 7.74. The number of carbonyl (C=O) groups is 1. The van der Waals surface area contributed by atoms with Crippen LogP contribution in [0.2, 0.25) is 18.1 Å². The largest absolute Gasteiger partial charge is 0.444 e. The third-order valence-corrected chi connectivity index (χ3v) is 12.4. The summed E-state index contributed by atoms with van der Waals surface area (Å²) in [6.45, 7) is 15.0. The number of fused-ring (bicyclic) bond motifs is 1. The summed E-state index contributed by atoms with van der Waals surface area (Å²) in [5, 5.41) is 8.83. The number of rotatable bonds is 6. The monoisotopic (exact) mass is 546 g/mol. The maximum Gasteiger partial charge on any atom is 0.277 e. The van der Waals surface area contributed by atoms with Crippen LogP contribution in [0.15, 0.2) is 47.3 Å². The normalized spacial score (nSPS) is 16.6. The number of carbonyl (C=O) groups excluding carboxylic acids is 1. The molecule has 206 valence electrons. The highest BCUT2D eigenvalue weighted by atomic mass is 28.4. The summed E-state index contributed by atoms with van der Waals surface area (Å²) >= 11 is 0. The molecule has 0 radical (unpaired) electrons. The van der Waals surface area contributed by atoms with E-state index in [1.807, 2.05) is 38.4 Å². The van der Waals surface area contributed by atoms with Crippen LogP contribution >= 0.6 is 0 Å². The van der Waals surface area contributed by atoms with E-state index in [1.165, 1.54) is 6.26 Å². The number of hydrogen-bond donors (Lipinski definition) is 1. The van der Waals surface area contributed by atoms with Gasteiger partial charge in [0.1, 0.15) is 6.26 Å². The van der Waals surface area contributed by atoms with Gasteiger partial charge in [-0.15, -0.1) is 0 Å². The third-order valence-electron chi connectivity index (χ3n) is 7.85. The number of nitrogens with zero attached hydrogens (tertiary/aromatic N) is 5. The minimum absolute atomic E-state index is 0.143. The van der Waals surface area contributed by atoms with Crippen LogP contribution in [0.1, 0.15) is 49.8 Å². The average molecular weight is 547 g/mol. The van der Waals surface area contributed by atoms with Crippen LogP contribution in [-0.4, -0.2) is 53.2 Å². The first kappa shape index (κ1) is 27.1. The quantitative estimate of drug-likeness (QED) is 0.289. The van der Waals surface area contributed by atoms with E-state index in [-0.39, 0.29) is 22.7 Å². The molecule has 39 heavy (non-hydrogen) atoms. The molecule has 1 saturated heterocycles. The zero-order valence-corrected chi connectivity index (χ0v) is 24.9. The molecule has 3 aromatic heterocycles. The predicted molar refractivity (Wildman–Crippen MR) is 157 cm³/mol. The standard InChI is InChI=1S/C29H38N6O3Si/c1-19-13-20(10-11-30-19)28-32-25(18-37-28)27(36)31-24-14-21-16-34(5)33-23(21)15-26(24)35-12-8-9-22(17-35)38-39(6,7)29(2,3)4/h10-11,13-16,18,22H,8-9,12,17H2,1-7H3,(H,31,36)/t22-/m1/s1. The molecule has 0 aliphatic carbocycles. The zero-order valence-electron chi connectivity index (χ0n) is 23.9. The fourth-order valence-corrected chi connectivity index (χ4v) is 6.15. The van der Waals surface area contributed by atoms with E-state index < -0.39 is 8.32 Å². The van der Waals surface area contributed by atoms with Gasteiger partial charge in [-0.05, 0) is 62.2 Å². The van der Waals surface area contributed by atoms with Gasteiger partial charge in [0.15, 0.2) is 14.0 Å². The maximum atomic E-state index is 13.4. The molecule has 1 aliphatic rings. The first-order valence-electron chi connectivity index (χ1n) is 13.5. The molecule has 1 aliphatic heterocycles. The predicted octanol–water partition coefficient (Wildman–Crippen LogP) is 6.17. The van der Waals surface area contributed by atoms with E-state index in [2.05, 4.69) is 65.2 Å². The van der Waals surface area contributed by atoms with Gasteiger partial charge in [-0.25, -0.2) is 4.98 Å². The molecular formula is C29H38N6O3Si. The van der Waals surface area contributed by atoms with Gasteiger partial charge in [0.05, 0.1) is 23.0 Å². The van der Waals surface area contributed by atoms with Crippen LogP contribution in [0.4, 0.5) is 11.4 Å². The molecule has 1 aromatic carbocycles. The summed E-state index contributed by atoms with van der Waals surface area (Å²) in [7, 11) is -0.00870. The van der Waals surface area contributed by atoms with Gasteiger partial charge >= 0.3 is 0 Å². The van der Waals surface area contributed by atoms with E-state index in [0.29, 0.717) is 5.89 Å². The molecule has 1 amide bonds. The maximum absolute atomic E-state index is 13.4. The molecule has 9 nitrogen and oxygen atoms in total. The number of piperidine rings is 1. The van der Waals surface area contributed by atoms with E-state index >= 15 is 0 Å². The van der Waals surface area contributed by atoms with Crippen LogP contribution in [0.5, 0.6) is 0 Å². The second-order valence-corrected chi connectivity index (χ2v) is 16.8. The van der Waals surface area contributed by atoms with Crippen molar-refractivity contribution in [2.75, 3.05) is 23.3 Å². The Morgan fingerprint density at radius 1 is 1.23 bits per heavy atom. The van der Waals surface area contributed by atoms with Gasteiger partial charge in [0.2, 0.25) is 5.89 Å². The number of aryl methyl sites for hydroxylation is 2. The molecule has 5 rings (SSSR count). The van der Waals surface area contributed by atoms with E-state index in [9.17, 15) is 4.79 Å². The minimum atomic E-state index is -1.91. The molecule has 4 aromatic rings. The molecule has 0 saturated carbocycles. The average Bonchev–Trinajstić information content (AvgIpc) is 3.49. The molecule has 0 bridgehead atoms. The van der Waals surface area contributed by atoms with Crippen molar-refractivity contribution in [2.45, 2.75) is 64.8 Å². The van der Waals surface area contributed by atoms with Crippen LogP contribution in [0.3, 0.4) is 0 Å². The van der Waals surface area contributed by atoms with Crippen molar-refractivity contribution in [1.29, 1.82) is 0 Å². The summed E-state index contributed by atoms with van der Waals surface area (Å²) in [6.07, 6.45) is 7.24. The van der Waals surface area contributed by atoms with Gasteiger partial charge in [-0.2, -0.15) is 5.10 Å². The van der Waals surface area contributed by atoms with Crippen molar-refractivity contribution in [3.05, 3.63) is 54.3 Å². The lowest BCUT2D eigenvalue weighted by Gasteiger charge is -2.43. The number of anilines is 2. The van der Waals surface area contributed by atoms with Crippen molar-refractivity contribution in [2.24, 2.45) is 7.05 Å². The topological polar surface area (TPSA) is 98.3 Å². The molecule has 10 heteroatoms. The first-order valence-corrected chi connectivity index (χ1v) is 16.4. The van der Waals surface area contributed by atoms with Crippen molar-refractivity contribution in [1.82, 2.24) is 19.7 Å². The Bertz CT molecular complexity index is 1500. The fourth-order valence-electron chi connectivity index (χ4n) is 4.77. The highest BCUT2D eigenvalue weighted by Gasteiger charge is 2.40. The molecule has 0 spiro atoms. The number of pyridine rings is 1. The number of aromatic nitrogens is 4. The highest BCUT2D eigenvalue weighted by Crippen LogP contribution is 2.39. The van der Waals surface area contributed by atoms with E-state index in [1.54, 1.807) is 10.9 Å². The first-order chi connectivity index (χ1) is 18.4. The zero-order chi connectivity index (χ0) is 27.9. The molecular weight excluding hydrogens is 508 g/mol. The Morgan fingerprint density at radius 3 is 2.77 bits per heavy atom. The van der Waals surface area contributed by atoms with Crippen molar-refractivity contribution in [3.63, 3.8) is 0 Å². The lowest BCUT2D eigenvalue weighted by Crippen LogP contribution is -2.49. The number of amides is 1. The summed E-state index contributed by atoms with van der Waals surface area (Å²) < 4.78 is 14.2. The number of hydrogen-bond acceptors (Lipinski definition) is 7. The second-order valence-electron chi connectivity index (χ2n) is 12.0. The van der Waals surface area contributed by atoms with Crippen LogP contribution in [-0.2, 0) is 11.5 Å². The van der Waals surface area contributed by atoms with Crippen molar-refractivity contribution in [3.8, 4) is 11.5 Å². The Balaban J connectivity index is 1.42. The second kappa shape index (κ2) is 10.2. The molecule has 0 unspecified atom stereocenters. The Labute approximate surface area is 230 Å². The minimum Gasteiger partial charge on any atom is -0.444 e. The smallest absolute Gasteiger partial charge is 0.277 e. The summed E-state index contributed by atoms with van der Waals surface area (Å²) in [5.74, 6) is 0.0570. The lowest BCUT2D eigenvalue weighted by atomic mass is 10.1. The number of nitrogens with one attached hydrogen (secondary N) is 1. The Morgan fingerprint density at radius 2 is 2.03 bits per heavy atom. The van der Waals surface area contributed by atoms with Gasteiger partial charge in [0.25, 0.3) is 5.91 Å².